The summed E-state index contributed by atoms with van der Waals surface area (Å²) in [6, 6.07) is 3.68. The molecular weight excluding hydrogens is 377 g/mol. The van der Waals surface area contributed by atoms with Gasteiger partial charge < -0.3 is 10.6 Å². The number of hydrogen-bond donors (Lipinski definition) is 2. The molecular formula is C20H20F5N3. The minimum absolute atomic E-state index is 0.0839. The molecule has 2 unspecified atom stereocenters. The first kappa shape index (κ1) is 20.1. The van der Waals surface area contributed by atoms with Crippen molar-refractivity contribution in [3.8, 4) is 11.1 Å². The highest BCUT2D eigenvalue weighted by Gasteiger charge is 2.32. The first-order valence-electron chi connectivity index (χ1n) is 8.93. The Morgan fingerprint density at radius 3 is 2.61 bits per heavy atom. The van der Waals surface area contributed by atoms with Crippen molar-refractivity contribution in [2.75, 3.05) is 0 Å². The molecule has 2 heterocycles. The maximum Gasteiger partial charge on any atom is 0.433 e. The van der Waals surface area contributed by atoms with Gasteiger partial charge in [-0.3, -0.25) is 4.98 Å². The quantitative estimate of drug-likeness (QED) is 0.672. The SMILES string of the molecule is CCC1CC(NC(C)c2cc(F)c(-c3ccnc(C(F)(F)F)c3)cc2F)=CN1. The van der Waals surface area contributed by atoms with E-state index in [0.29, 0.717) is 12.1 Å². The van der Waals surface area contributed by atoms with Crippen LogP contribution in [0.3, 0.4) is 0 Å². The van der Waals surface area contributed by atoms with E-state index < -0.39 is 29.5 Å². The highest BCUT2D eigenvalue weighted by molar-refractivity contribution is 5.65. The molecule has 1 aromatic heterocycles. The first-order chi connectivity index (χ1) is 13.2. The molecule has 1 aliphatic rings. The predicted octanol–water partition coefficient (Wildman–Crippen LogP) is 5.31. The van der Waals surface area contributed by atoms with E-state index >= 15 is 0 Å². The summed E-state index contributed by atoms with van der Waals surface area (Å²) in [7, 11) is 0. The topological polar surface area (TPSA) is 37.0 Å². The van der Waals surface area contributed by atoms with Crippen molar-refractivity contribution >= 4 is 0 Å². The van der Waals surface area contributed by atoms with Gasteiger partial charge in [-0.2, -0.15) is 13.2 Å². The molecule has 0 aliphatic carbocycles. The van der Waals surface area contributed by atoms with E-state index in [1.807, 2.05) is 6.20 Å². The van der Waals surface area contributed by atoms with E-state index in [0.717, 1.165) is 36.9 Å². The van der Waals surface area contributed by atoms with E-state index in [1.54, 1.807) is 6.92 Å². The number of nitrogens with one attached hydrogen (secondary N) is 2. The first-order valence-corrected chi connectivity index (χ1v) is 8.93. The van der Waals surface area contributed by atoms with Gasteiger partial charge in [0.1, 0.15) is 17.3 Å². The molecule has 150 valence electrons. The average molecular weight is 397 g/mol. The van der Waals surface area contributed by atoms with Crippen molar-refractivity contribution in [3.63, 3.8) is 0 Å². The third-order valence-electron chi connectivity index (χ3n) is 4.77. The van der Waals surface area contributed by atoms with E-state index in [-0.39, 0.29) is 16.7 Å². The van der Waals surface area contributed by atoms with Crippen LogP contribution in [-0.2, 0) is 6.18 Å². The van der Waals surface area contributed by atoms with Crippen LogP contribution in [0.2, 0.25) is 0 Å². The minimum Gasteiger partial charge on any atom is -0.386 e. The highest BCUT2D eigenvalue weighted by atomic mass is 19.4. The van der Waals surface area contributed by atoms with Gasteiger partial charge in [0.25, 0.3) is 0 Å². The summed E-state index contributed by atoms with van der Waals surface area (Å²) in [4.78, 5) is 3.24. The molecule has 2 aromatic rings. The van der Waals surface area contributed by atoms with Crippen molar-refractivity contribution < 1.29 is 22.0 Å². The number of alkyl halides is 3. The molecule has 8 heteroatoms. The monoisotopic (exact) mass is 397 g/mol. The van der Waals surface area contributed by atoms with E-state index in [2.05, 4.69) is 22.5 Å². The van der Waals surface area contributed by atoms with Gasteiger partial charge in [0.15, 0.2) is 0 Å². The Labute approximate surface area is 159 Å². The van der Waals surface area contributed by atoms with Crippen LogP contribution in [0.5, 0.6) is 0 Å². The number of halogens is 5. The zero-order valence-corrected chi connectivity index (χ0v) is 15.4. The minimum atomic E-state index is -4.66. The molecule has 0 saturated heterocycles. The normalized spacial score (nSPS) is 17.8. The van der Waals surface area contributed by atoms with Crippen LogP contribution in [0.4, 0.5) is 22.0 Å². The molecule has 28 heavy (non-hydrogen) atoms. The lowest BCUT2D eigenvalue weighted by Crippen LogP contribution is -2.20. The van der Waals surface area contributed by atoms with Gasteiger partial charge in [0, 0.05) is 41.7 Å². The van der Waals surface area contributed by atoms with E-state index in [4.69, 9.17) is 0 Å². The van der Waals surface area contributed by atoms with Gasteiger partial charge in [-0.15, -0.1) is 0 Å². The van der Waals surface area contributed by atoms with Crippen LogP contribution < -0.4 is 10.6 Å². The lowest BCUT2D eigenvalue weighted by Gasteiger charge is -2.18. The zero-order chi connectivity index (χ0) is 20.5. The standard InChI is InChI=1S/C20H20F5N3/c1-3-13-7-14(10-27-13)28-11(2)15-8-18(22)16(9-17(15)21)12-4-5-26-19(6-12)20(23,24)25/h4-6,8-11,13,27-28H,3,7H2,1-2H3. The van der Waals surface area contributed by atoms with Crippen molar-refractivity contribution in [2.45, 2.75) is 44.9 Å². The van der Waals surface area contributed by atoms with Gasteiger partial charge in [-0.25, -0.2) is 8.78 Å². The van der Waals surface area contributed by atoms with Crippen LogP contribution in [0.1, 0.15) is 44.0 Å². The molecule has 0 amide bonds. The third kappa shape index (κ3) is 4.26. The van der Waals surface area contributed by atoms with Crippen molar-refractivity contribution in [1.29, 1.82) is 0 Å². The maximum atomic E-state index is 14.6. The van der Waals surface area contributed by atoms with Crippen molar-refractivity contribution in [2.24, 2.45) is 0 Å². The predicted molar refractivity (Wildman–Crippen MR) is 96.1 cm³/mol. The fraction of sp³-hybridized carbons (Fsp3) is 0.350. The number of benzene rings is 1. The maximum absolute atomic E-state index is 14.6. The third-order valence-corrected chi connectivity index (χ3v) is 4.77. The summed E-state index contributed by atoms with van der Waals surface area (Å²) in [5.74, 6) is -1.49. The Morgan fingerprint density at radius 1 is 1.21 bits per heavy atom. The van der Waals surface area contributed by atoms with Crippen molar-refractivity contribution in [3.05, 3.63) is 65.3 Å². The fourth-order valence-electron chi connectivity index (χ4n) is 3.19. The Hall–Kier alpha value is -2.64. The van der Waals surface area contributed by atoms with Crippen LogP contribution in [-0.4, -0.2) is 11.0 Å². The van der Waals surface area contributed by atoms with Gasteiger partial charge in [-0.05, 0) is 43.2 Å². The largest absolute Gasteiger partial charge is 0.433 e. The Kier molecular flexibility index (Phi) is 5.58. The smallest absolute Gasteiger partial charge is 0.386 e. The number of nitrogens with zero attached hydrogens (tertiary/aromatic N) is 1. The summed E-state index contributed by atoms with van der Waals surface area (Å²) < 4.78 is 67.7. The van der Waals surface area contributed by atoms with E-state index in [1.165, 1.54) is 6.07 Å². The summed E-state index contributed by atoms with van der Waals surface area (Å²) >= 11 is 0. The number of pyridine rings is 1. The van der Waals surface area contributed by atoms with Crippen LogP contribution >= 0.6 is 0 Å². The lowest BCUT2D eigenvalue weighted by molar-refractivity contribution is -0.141. The molecule has 1 aliphatic heterocycles. The molecule has 0 spiro atoms. The molecule has 3 rings (SSSR count). The molecule has 2 N–H and O–H groups in total. The number of hydrogen-bond acceptors (Lipinski definition) is 3. The molecule has 0 bridgehead atoms. The Balaban J connectivity index is 1.85. The Bertz CT molecular complexity index is 892. The molecule has 3 nitrogen and oxygen atoms in total. The summed E-state index contributed by atoms with van der Waals surface area (Å²) in [6.45, 7) is 3.75. The summed E-state index contributed by atoms with van der Waals surface area (Å²) in [5.41, 5.74) is -0.483. The second-order valence-electron chi connectivity index (χ2n) is 6.79. The second kappa shape index (κ2) is 7.77. The van der Waals surface area contributed by atoms with Crippen LogP contribution in [0.25, 0.3) is 11.1 Å². The summed E-state index contributed by atoms with van der Waals surface area (Å²) in [6.07, 6.45) is -0.205. The van der Waals surface area contributed by atoms with Gasteiger partial charge in [-0.1, -0.05) is 6.92 Å². The van der Waals surface area contributed by atoms with Crippen LogP contribution in [0, 0.1) is 11.6 Å². The van der Waals surface area contributed by atoms with Crippen LogP contribution in [0.15, 0.2) is 42.4 Å². The number of aromatic nitrogens is 1. The molecule has 0 radical (unpaired) electrons. The van der Waals surface area contributed by atoms with Gasteiger partial charge >= 0.3 is 6.18 Å². The summed E-state index contributed by atoms with van der Waals surface area (Å²) in [5, 5.41) is 6.35. The van der Waals surface area contributed by atoms with Gasteiger partial charge in [0.05, 0.1) is 6.04 Å². The molecule has 1 aromatic carbocycles. The highest BCUT2D eigenvalue weighted by Crippen LogP contribution is 2.33. The Morgan fingerprint density at radius 2 is 1.96 bits per heavy atom. The fourth-order valence-corrected chi connectivity index (χ4v) is 3.19. The molecule has 0 fully saturated rings. The average Bonchev–Trinajstić information content (AvgIpc) is 3.10. The molecule has 2 atom stereocenters. The second-order valence-corrected chi connectivity index (χ2v) is 6.79. The lowest BCUT2D eigenvalue weighted by atomic mass is 9.99. The van der Waals surface area contributed by atoms with E-state index in [9.17, 15) is 22.0 Å². The van der Waals surface area contributed by atoms with Gasteiger partial charge in [0.2, 0.25) is 0 Å². The zero-order valence-electron chi connectivity index (χ0n) is 15.4. The number of rotatable bonds is 5. The van der Waals surface area contributed by atoms with Crippen molar-refractivity contribution in [1.82, 2.24) is 15.6 Å². The molecule has 0 saturated carbocycles.